The van der Waals surface area contributed by atoms with Gasteiger partial charge in [0, 0.05) is 15.3 Å². The first-order valence-electron chi connectivity index (χ1n) is 7.35. The summed E-state index contributed by atoms with van der Waals surface area (Å²) < 4.78 is 28.6. The van der Waals surface area contributed by atoms with E-state index in [0.29, 0.717) is 5.56 Å². The van der Waals surface area contributed by atoms with Crippen LogP contribution in [-0.4, -0.2) is 7.05 Å². The summed E-state index contributed by atoms with van der Waals surface area (Å²) in [6, 6.07) is 4.55. The summed E-state index contributed by atoms with van der Waals surface area (Å²) in [7, 11) is 1.75. The molecule has 1 aliphatic carbocycles. The van der Waals surface area contributed by atoms with Crippen molar-refractivity contribution < 1.29 is 8.78 Å². The van der Waals surface area contributed by atoms with Crippen LogP contribution in [0, 0.1) is 18.6 Å². The van der Waals surface area contributed by atoms with Crippen molar-refractivity contribution in [2.45, 2.75) is 38.6 Å². The number of halogens is 2. The Labute approximate surface area is 128 Å². The van der Waals surface area contributed by atoms with Crippen molar-refractivity contribution in [3.05, 3.63) is 56.3 Å². The van der Waals surface area contributed by atoms with Gasteiger partial charge in [-0.25, -0.2) is 8.78 Å². The van der Waals surface area contributed by atoms with Crippen LogP contribution >= 0.6 is 11.3 Å². The number of benzene rings is 1. The summed E-state index contributed by atoms with van der Waals surface area (Å²) in [5.41, 5.74) is 1.97. The lowest BCUT2D eigenvalue weighted by molar-refractivity contribution is 0.520. The lowest BCUT2D eigenvalue weighted by Gasteiger charge is -2.17. The second-order valence-electron chi connectivity index (χ2n) is 5.62. The van der Waals surface area contributed by atoms with Gasteiger partial charge in [0.1, 0.15) is 11.6 Å². The molecule has 1 nitrogen and oxygen atoms in total. The van der Waals surface area contributed by atoms with Crippen LogP contribution in [0.1, 0.15) is 45.3 Å². The normalized spacial score (nSPS) is 15.8. The quantitative estimate of drug-likeness (QED) is 0.879. The van der Waals surface area contributed by atoms with E-state index < -0.39 is 17.7 Å². The Bertz CT molecular complexity index is 640. The van der Waals surface area contributed by atoms with Crippen LogP contribution in [0.3, 0.4) is 0 Å². The van der Waals surface area contributed by atoms with Gasteiger partial charge in [0.2, 0.25) is 0 Å². The molecule has 4 heteroatoms. The number of hydrogen-bond donors (Lipinski definition) is 1. The van der Waals surface area contributed by atoms with Gasteiger partial charge in [-0.3, -0.25) is 0 Å². The molecule has 0 amide bonds. The molecule has 0 bridgehead atoms. The Balaban J connectivity index is 2.06. The SMILES string of the molecule is CNC(c1cc2c(s1)CCCC2)c1c(F)ccc(C)c1F. The maximum absolute atomic E-state index is 14.4. The van der Waals surface area contributed by atoms with Gasteiger partial charge in [0.05, 0.1) is 6.04 Å². The third-order valence-corrected chi connectivity index (χ3v) is 5.50. The van der Waals surface area contributed by atoms with Crippen LogP contribution in [0.15, 0.2) is 18.2 Å². The third-order valence-electron chi connectivity index (χ3n) is 4.20. The van der Waals surface area contributed by atoms with Crippen LogP contribution in [0.25, 0.3) is 0 Å². The van der Waals surface area contributed by atoms with Crippen molar-refractivity contribution in [2.24, 2.45) is 0 Å². The van der Waals surface area contributed by atoms with Gasteiger partial charge >= 0.3 is 0 Å². The molecule has 1 heterocycles. The average molecular weight is 307 g/mol. The fourth-order valence-electron chi connectivity index (χ4n) is 3.03. The van der Waals surface area contributed by atoms with Gasteiger partial charge in [0.15, 0.2) is 0 Å². The van der Waals surface area contributed by atoms with E-state index in [1.807, 2.05) is 0 Å². The highest BCUT2D eigenvalue weighted by molar-refractivity contribution is 7.12. The van der Waals surface area contributed by atoms with Crippen LogP contribution in [-0.2, 0) is 12.8 Å². The first-order chi connectivity index (χ1) is 10.1. The van der Waals surface area contributed by atoms with E-state index in [4.69, 9.17) is 0 Å². The number of hydrogen-bond acceptors (Lipinski definition) is 2. The van der Waals surface area contributed by atoms with Crippen molar-refractivity contribution in [1.82, 2.24) is 5.32 Å². The molecule has 1 aliphatic rings. The summed E-state index contributed by atoms with van der Waals surface area (Å²) >= 11 is 1.69. The van der Waals surface area contributed by atoms with Crippen molar-refractivity contribution in [2.75, 3.05) is 7.05 Å². The topological polar surface area (TPSA) is 12.0 Å². The molecule has 1 unspecified atom stereocenters. The average Bonchev–Trinajstić information content (AvgIpc) is 2.91. The molecule has 1 atom stereocenters. The Morgan fingerprint density at radius 2 is 1.95 bits per heavy atom. The summed E-state index contributed by atoms with van der Waals surface area (Å²) in [5.74, 6) is -0.926. The van der Waals surface area contributed by atoms with E-state index in [9.17, 15) is 8.78 Å². The molecule has 2 aromatic rings. The fraction of sp³-hybridized carbons (Fsp3) is 0.412. The largest absolute Gasteiger partial charge is 0.308 e. The molecule has 0 saturated heterocycles. The summed E-state index contributed by atoms with van der Waals surface area (Å²) in [4.78, 5) is 2.39. The summed E-state index contributed by atoms with van der Waals surface area (Å²) in [6.45, 7) is 1.67. The molecule has 0 spiro atoms. The maximum atomic E-state index is 14.4. The predicted octanol–water partition coefficient (Wildman–Crippen LogP) is 4.52. The zero-order valence-corrected chi connectivity index (χ0v) is 13.1. The Morgan fingerprint density at radius 1 is 1.19 bits per heavy atom. The second kappa shape index (κ2) is 5.85. The first kappa shape index (κ1) is 14.7. The molecule has 21 heavy (non-hydrogen) atoms. The molecule has 0 radical (unpaired) electrons. The molecule has 0 fully saturated rings. The molecular formula is C17H19F2NS. The van der Waals surface area contributed by atoms with Crippen molar-refractivity contribution >= 4 is 11.3 Å². The highest BCUT2D eigenvalue weighted by Crippen LogP contribution is 2.37. The van der Waals surface area contributed by atoms with Crippen LogP contribution in [0.4, 0.5) is 8.78 Å². The summed E-state index contributed by atoms with van der Waals surface area (Å²) in [5, 5.41) is 3.08. The van der Waals surface area contributed by atoms with E-state index in [-0.39, 0.29) is 5.56 Å². The Kier molecular flexibility index (Phi) is 4.09. The van der Waals surface area contributed by atoms with Crippen molar-refractivity contribution in [3.8, 4) is 0 Å². The third kappa shape index (κ3) is 2.62. The smallest absolute Gasteiger partial charge is 0.134 e. The number of thiophene rings is 1. The van der Waals surface area contributed by atoms with Gasteiger partial charge in [-0.05, 0) is 62.9 Å². The van der Waals surface area contributed by atoms with E-state index in [0.717, 1.165) is 17.7 Å². The number of rotatable bonds is 3. The molecule has 112 valence electrons. The standard InChI is InChI=1S/C17H19F2NS/c1-10-7-8-12(18)15(16(10)19)17(20-2)14-9-11-5-3-4-6-13(11)21-14/h7-9,17,20H,3-6H2,1-2H3. The highest BCUT2D eigenvalue weighted by Gasteiger charge is 2.25. The van der Waals surface area contributed by atoms with Crippen LogP contribution in [0.2, 0.25) is 0 Å². The summed E-state index contributed by atoms with van der Waals surface area (Å²) in [6.07, 6.45) is 4.60. The van der Waals surface area contributed by atoms with E-state index in [1.165, 1.54) is 35.4 Å². The van der Waals surface area contributed by atoms with Gasteiger partial charge in [-0.15, -0.1) is 11.3 Å². The van der Waals surface area contributed by atoms with Crippen molar-refractivity contribution in [1.29, 1.82) is 0 Å². The second-order valence-corrected chi connectivity index (χ2v) is 6.79. The lowest BCUT2D eigenvalue weighted by Crippen LogP contribution is -2.20. The lowest BCUT2D eigenvalue weighted by atomic mass is 9.97. The molecule has 0 aliphatic heterocycles. The van der Waals surface area contributed by atoms with Crippen LogP contribution < -0.4 is 5.32 Å². The zero-order chi connectivity index (χ0) is 15.0. The minimum Gasteiger partial charge on any atom is -0.308 e. The molecule has 1 aromatic carbocycles. The van der Waals surface area contributed by atoms with Crippen LogP contribution in [0.5, 0.6) is 0 Å². The van der Waals surface area contributed by atoms with Gasteiger partial charge < -0.3 is 5.32 Å². The molecular weight excluding hydrogens is 288 g/mol. The minimum atomic E-state index is -0.483. The van der Waals surface area contributed by atoms with Gasteiger partial charge in [-0.1, -0.05) is 6.07 Å². The molecule has 3 rings (SSSR count). The predicted molar refractivity (Wildman–Crippen MR) is 83.0 cm³/mol. The number of aryl methyl sites for hydroxylation is 3. The van der Waals surface area contributed by atoms with Crippen molar-refractivity contribution in [3.63, 3.8) is 0 Å². The Hall–Kier alpha value is -1.26. The monoisotopic (exact) mass is 307 g/mol. The van der Waals surface area contributed by atoms with Gasteiger partial charge in [0.25, 0.3) is 0 Å². The minimum absolute atomic E-state index is 0.135. The highest BCUT2D eigenvalue weighted by atomic mass is 32.1. The molecule has 1 aromatic heterocycles. The first-order valence-corrected chi connectivity index (χ1v) is 8.16. The van der Waals surface area contributed by atoms with Gasteiger partial charge in [-0.2, -0.15) is 0 Å². The van der Waals surface area contributed by atoms with E-state index >= 15 is 0 Å². The maximum Gasteiger partial charge on any atom is 0.134 e. The number of nitrogens with one attached hydrogen (secondary N) is 1. The molecule has 1 N–H and O–H groups in total. The van der Waals surface area contributed by atoms with E-state index in [2.05, 4.69) is 11.4 Å². The Morgan fingerprint density at radius 3 is 2.67 bits per heavy atom. The number of fused-ring (bicyclic) bond motifs is 1. The zero-order valence-electron chi connectivity index (χ0n) is 12.3. The van der Waals surface area contributed by atoms with E-state index in [1.54, 1.807) is 25.3 Å². The molecule has 0 saturated carbocycles. The fourth-order valence-corrected chi connectivity index (χ4v) is 4.41.